The maximum absolute atomic E-state index is 5.20. The summed E-state index contributed by atoms with van der Waals surface area (Å²) in [6.07, 6.45) is -0.358. The van der Waals surface area contributed by atoms with Gasteiger partial charge in [-0.3, -0.25) is 0 Å². The average molecular weight is 231 g/mol. The van der Waals surface area contributed by atoms with Gasteiger partial charge in [-0.2, -0.15) is 0 Å². The molecule has 0 aliphatic carbocycles. The molecule has 0 saturated heterocycles. The third kappa shape index (κ3) is 3.40. The fourth-order valence-electron chi connectivity index (χ4n) is 0. The molecule has 0 fully saturated rings. The summed E-state index contributed by atoms with van der Waals surface area (Å²) < 4.78 is -0.0648. The first-order valence-corrected chi connectivity index (χ1v) is 2.85. The molecule has 0 bridgehead atoms. The summed E-state index contributed by atoms with van der Waals surface area (Å²) in [5, 5.41) is 0. The first-order valence-electron chi connectivity index (χ1n) is 1.54. The second-order valence-corrected chi connectivity index (χ2v) is 2.52. The molecule has 0 saturated carbocycles. The van der Waals surface area contributed by atoms with Gasteiger partial charge in [0.25, 0.3) is 0 Å². The summed E-state index contributed by atoms with van der Waals surface area (Å²) in [5.74, 6) is 0. The molecule has 0 rings (SSSR count). The number of nitrogens with two attached hydrogens (primary N) is 3. The molecule has 0 amide bonds. The van der Waals surface area contributed by atoms with Gasteiger partial charge in [-0.15, -0.1) is 0 Å². The Balaban J connectivity index is 2.99. The van der Waals surface area contributed by atoms with Gasteiger partial charge in [0.15, 0.2) is 0 Å². The standard InChI is InChI=1S/C2H8N3.Gd/c3-1-2(4)5;/h1-2H,3-5H2;. The fourth-order valence-corrected chi connectivity index (χ4v) is 0. The molecule has 4 heteroatoms. The Bertz CT molecular complexity index is 29.8. The molecule has 1 atom stereocenters. The van der Waals surface area contributed by atoms with E-state index in [-0.39, 0.29) is 7.99 Å². The zero-order valence-corrected chi connectivity index (χ0v) is 5.51. The Labute approximate surface area is 62.6 Å². The van der Waals surface area contributed by atoms with Gasteiger partial charge in [0.2, 0.25) is 0 Å². The number of hydrogen-bond donors (Lipinski definition) is 3. The van der Waals surface area contributed by atoms with Crippen LogP contribution in [0, 0.1) is 37.9 Å². The molecule has 0 aromatic heterocycles. The van der Waals surface area contributed by atoms with Gasteiger partial charge in [-0.05, 0) is 0 Å². The van der Waals surface area contributed by atoms with Gasteiger partial charge in [-0.25, -0.2) is 0 Å². The third-order valence-corrected chi connectivity index (χ3v) is 1.23. The Morgan fingerprint density at radius 3 is 1.33 bits per heavy atom. The van der Waals surface area contributed by atoms with Crippen molar-refractivity contribution in [3.8, 4) is 0 Å². The summed E-state index contributed by atoms with van der Waals surface area (Å²) in [6.45, 7) is 0. The van der Waals surface area contributed by atoms with E-state index in [0.29, 0.717) is 0 Å². The van der Waals surface area contributed by atoms with Crippen molar-refractivity contribution in [3.05, 3.63) is 0 Å². The quantitative estimate of drug-likeness (QED) is 0.460. The van der Waals surface area contributed by atoms with E-state index in [1.807, 2.05) is 0 Å². The summed E-state index contributed by atoms with van der Waals surface area (Å²) in [6, 6.07) is 0. The van der Waals surface area contributed by atoms with Crippen LogP contribution in [0.4, 0.5) is 0 Å². The second-order valence-electron chi connectivity index (χ2n) is 1.01. The van der Waals surface area contributed by atoms with E-state index in [4.69, 9.17) is 17.2 Å². The molecule has 0 aliphatic heterocycles. The van der Waals surface area contributed by atoms with E-state index in [0.717, 1.165) is 0 Å². The van der Waals surface area contributed by atoms with Crippen molar-refractivity contribution in [2.45, 2.75) is 7.99 Å². The van der Waals surface area contributed by atoms with Crippen LogP contribution in [0.25, 0.3) is 0 Å². The van der Waals surface area contributed by atoms with Crippen LogP contribution in [-0.2, 0) is 0 Å². The zero-order chi connectivity index (χ0) is 5.15. The van der Waals surface area contributed by atoms with Crippen LogP contribution in [0.2, 0.25) is 0 Å². The maximum atomic E-state index is 5.20. The Kier molecular flexibility index (Phi) is 3.89. The molecule has 0 spiro atoms. The number of hydrogen-bond acceptors (Lipinski definition) is 3. The molecule has 6 heavy (non-hydrogen) atoms. The predicted molar refractivity (Wildman–Crippen MR) is 20.1 cm³/mol. The summed E-state index contributed by atoms with van der Waals surface area (Å²) >= 11 is 1.59. The van der Waals surface area contributed by atoms with Crippen LogP contribution < -0.4 is 17.2 Å². The second kappa shape index (κ2) is 3.24. The Morgan fingerprint density at radius 1 is 1.17 bits per heavy atom. The van der Waals surface area contributed by atoms with Crippen LogP contribution in [0.5, 0.6) is 0 Å². The molecule has 39 valence electrons. The fraction of sp³-hybridized carbons (Fsp3) is 1.00. The van der Waals surface area contributed by atoms with Gasteiger partial charge in [0, 0.05) is 0 Å². The van der Waals surface area contributed by atoms with E-state index >= 15 is 0 Å². The SMILES string of the molecule is NC(N)[CH](N)[Gd]. The topological polar surface area (TPSA) is 78.1 Å². The minimum absolute atomic E-state index is 0.0648. The van der Waals surface area contributed by atoms with Crippen LogP contribution in [-0.4, -0.2) is 7.99 Å². The Morgan fingerprint density at radius 2 is 1.33 bits per heavy atom. The summed E-state index contributed by atoms with van der Waals surface area (Å²) in [4.78, 5) is 0. The molecule has 0 aliphatic rings. The molecular formula is C2H8GdN3. The minimum atomic E-state index is -0.358. The van der Waals surface area contributed by atoms with E-state index < -0.39 is 0 Å². The van der Waals surface area contributed by atoms with Crippen molar-refractivity contribution < 1.29 is 37.9 Å². The molecule has 0 aromatic carbocycles. The van der Waals surface area contributed by atoms with Gasteiger partial charge in [0.05, 0.1) is 0 Å². The summed E-state index contributed by atoms with van der Waals surface area (Å²) in [7, 11) is 0. The normalized spacial score (nSPS) is 15.5. The predicted octanol–water partition coefficient (Wildman–Crippen LogP) is -1.94. The van der Waals surface area contributed by atoms with Crippen molar-refractivity contribution in [1.82, 2.24) is 0 Å². The molecular weight excluding hydrogens is 223 g/mol. The third-order valence-electron chi connectivity index (χ3n) is 0.358. The van der Waals surface area contributed by atoms with Crippen LogP contribution >= 0.6 is 0 Å². The van der Waals surface area contributed by atoms with Gasteiger partial charge >= 0.3 is 63.1 Å². The Hall–Kier alpha value is 1.20. The van der Waals surface area contributed by atoms with Crippen LogP contribution in [0.1, 0.15) is 0 Å². The number of rotatable bonds is 1. The van der Waals surface area contributed by atoms with E-state index in [9.17, 15) is 0 Å². The van der Waals surface area contributed by atoms with Crippen LogP contribution in [0.3, 0.4) is 0 Å². The molecule has 0 aromatic rings. The van der Waals surface area contributed by atoms with Crippen LogP contribution in [0.15, 0.2) is 0 Å². The first kappa shape index (κ1) is 7.20. The summed E-state index contributed by atoms with van der Waals surface area (Å²) in [5.41, 5.74) is 15.4. The first-order chi connectivity index (χ1) is 2.64. The molecule has 1 unspecified atom stereocenters. The van der Waals surface area contributed by atoms with Gasteiger partial charge < -0.3 is 0 Å². The van der Waals surface area contributed by atoms with E-state index in [2.05, 4.69) is 0 Å². The van der Waals surface area contributed by atoms with E-state index in [1.165, 1.54) is 0 Å². The average Bonchev–Trinajstić information content (AvgIpc) is 1.36. The molecule has 6 N–H and O–H groups in total. The van der Waals surface area contributed by atoms with E-state index in [1.54, 1.807) is 37.9 Å². The van der Waals surface area contributed by atoms with Crippen molar-refractivity contribution in [3.63, 3.8) is 0 Å². The zero-order valence-electron chi connectivity index (χ0n) is 3.24. The van der Waals surface area contributed by atoms with Crippen molar-refractivity contribution >= 4 is 0 Å². The van der Waals surface area contributed by atoms with Crippen molar-refractivity contribution in [2.75, 3.05) is 0 Å². The molecule has 3 nitrogen and oxygen atoms in total. The van der Waals surface area contributed by atoms with Crippen molar-refractivity contribution in [1.29, 1.82) is 0 Å². The van der Waals surface area contributed by atoms with Gasteiger partial charge in [0.1, 0.15) is 0 Å². The van der Waals surface area contributed by atoms with Gasteiger partial charge in [-0.1, -0.05) is 0 Å². The molecule has 0 heterocycles. The van der Waals surface area contributed by atoms with Crippen molar-refractivity contribution in [2.24, 2.45) is 17.2 Å². The monoisotopic (exact) mass is 232 g/mol. The molecule has 0 radical (unpaired) electrons.